The van der Waals surface area contributed by atoms with Gasteiger partial charge in [0.15, 0.2) is 0 Å². The van der Waals surface area contributed by atoms with E-state index in [9.17, 15) is 22.8 Å². The Bertz CT molecular complexity index is 675. The van der Waals surface area contributed by atoms with E-state index in [0.29, 0.717) is 13.0 Å². The van der Waals surface area contributed by atoms with Crippen molar-refractivity contribution in [2.75, 3.05) is 26.2 Å². The van der Waals surface area contributed by atoms with Gasteiger partial charge in [-0.2, -0.15) is 8.78 Å². The summed E-state index contributed by atoms with van der Waals surface area (Å²) in [6, 6.07) is 3.52. The first-order valence-corrected chi connectivity index (χ1v) is 9.32. The molecule has 8 heteroatoms. The van der Waals surface area contributed by atoms with Gasteiger partial charge >= 0.3 is 5.92 Å². The zero-order valence-electron chi connectivity index (χ0n) is 15.0. The van der Waals surface area contributed by atoms with E-state index in [1.165, 1.54) is 0 Å². The summed E-state index contributed by atoms with van der Waals surface area (Å²) in [4.78, 5) is 25.6. The minimum Gasteiger partial charge on any atom is -0.354 e. The number of benzene rings is 1. The van der Waals surface area contributed by atoms with E-state index >= 15 is 0 Å². The monoisotopic (exact) mass is 383 g/mol. The number of hydrogen-bond acceptors (Lipinski definition) is 3. The number of carbonyl (C=O) groups is 2. The highest BCUT2D eigenvalue weighted by molar-refractivity contribution is 5.85. The number of nitrogens with one attached hydrogen (secondary N) is 2. The molecule has 27 heavy (non-hydrogen) atoms. The smallest absolute Gasteiger partial charge is 0.349 e. The lowest BCUT2D eigenvalue weighted by molar-refractivity contribution is -0.161. The molecule has 2 aliphatic heterocycles. The van der Waals surface area contributed by atoms with Gasteiger partial charge in [0.1, 0.15) is 5.82 Å². The summed E-state index contributed by atoms with van der Waals surface area (Å²) in [5, 5.41) is 5.97. The molecule has 2 atom stereocenters. The largest absolute Gasteiger partial charge is 0.354 e. The highest BCUT2D eigenvalue weighted by Crippen LogP contribution is 2.32. The molecule has 1 aromatic carbocycles. The normalized spacial score (nSPS) is 23.3. The highest BCUT2D eigenvalue weighted by Gasteiger charge is 2.44. The van der Waals surface area contributed by atoms with Crippen molar-refractivity contribution in [3.63, 3.8) is 0 Å². The van der Waals surface area contributed by atoms with Gasteiger partial charge in [-0.05, 0) is 62.4 Å². The quantitative estimate of drug-likeness (QED) is 0.818. The summed E-state index contributed by atoms with van der Waals surface area (Å²) >= 11 is 0. The molecule has 0 spiro atoms. The van der Waals surface area contributed by atoms with Crippen LogP contribution in [0, 0.1) is 11.7 Å². The molecule has 0 radical (unpaired) electrons. The molecular weight excluding hydrogens is 359 g/mol. The van der Waals surface area contributed by atoms with Crippen LogP contribution in [0.1, 0.15) is 31.2 Å². The second-order valence-corrected chi connectivity index (χ2v) is 7.23. The molecule has 148 valence electrons. The van der Waals surface area contributed by atoms with Crippen molar-refractivity contribution in [1.82, 2.24) is 15.5 Å². The van der Waals surface area contributed by atoms with Crippen molar-refractivity contribution < 1.29 is 22.8 Å². The minimum atomic E-state index is -3.70. The Labute approximate surface area is 156 Å². The van der Waals surface area contributed by atoms with Gasteiger partial charge in [-0.1, -0.05) is 0 Å². The lowest BCUT2D eigenvalue weighted by atomic mass is 9.96. The van der Waals surface area contributed by atoms with Crippen molar-refractivity contribution in [3.8, 4) is 0 Å². The molecule has 0 saturated carbocycles. The number of piperidine rings is 1. The number of carbonyl (C=O) groups excluding carboxylic acids is 2. The van der Waals surface area contributed by atoms with Gasteiger partial charge < -0.3 is 15.5 Å². The van der Waals surface area contributed by atoms with Gasteiger partial charge in [0.05, 0.1) is 6.04 Å². The fourth-order valence-corrected chi connectivity index (χ4v) is 3.67. The van der Waals surface area contributed by atoms with Crippen LogP contribution in [0.25, 0.3) is 0 Å². The van der Waals surface area contributed by atoms with E-state index in [1.807, 2.05) is 0 Å². The number of amides is 2. The fourth-order valence-electron chi connectivity index (χ4n) is 3.67. The maximum Gasteiger partial charge on any atom is 0.349 e. The Morgan fingerprint density at radius 3 is 2.59 bits per heavy atom. The lowest BCUT2D eigenvalue weighted by Gasteiger charge is -2.35. The van der Waals surface area contributed by atoms with Crippen molar-refractivity contribution in [2.45, 2.75) is 37.6 Å². The average molecular weight is 383 g/mol. The second kappa shape index (κ2) is 8.29. The predicted octanol–water partition coefficient (Wildman–Crippen LogP) is 2.02. The summed E-state index contributed by atoms with van der Waals surface area (Å²) in [5.74, 6) is -5.74. The summed E-state index contributed by atoms with van der Waals surface area (Å²) in [7, 11) is 0. The van der Waals surface area contributed by atoms with Crippen molar-refractivity contribution in [1.29, 1.82) is 0 Å². The van der Waals surface area contributed by atoms with Gasteiger partial charge in [0.25, 0.3) is 5.91 Å². The van der Waals surface area contributed by atoms with E-state index in [0.717, 1.165) is 55.0 Å². The van der Waals surface area contributed by atoms with E-state index in [1.54, 1.807) is 0 Å². The van der Waals surface area contributed by atoms with Crippen LogP contribution in [0.15, 0.2) is 24.3 Å². The summed E-state index contributed by atoms with van der Waals surface area (Å²) in [6.07, 6.45) is 3.13. The maximum absolute atomic E-state index is 14.5. The van der Waals surface area contributed by atoms with Crippen LogP contribution >= 0.6 is 0 Å². The second-order valence-electron chi connectivity index (χ2n) is 7.23. The lowest BCUT2D eigenvalue weighted by Crippen LogP contribution is -2.49. The Hall–Kier alpha value is -2.09. The van der Waals surface area contributed by atoms with Gasteiger partial charge in [-0.15, -0.1) is 0 Å². The van der Waals surface area contributed by atoms with Crippen LogP contribution in [-0.2, 0) is 15.5 Å². The molecule has 5 nitrogen and oxygen atoms in total. The molecule has 2 unspecified atom stereocenters. The summed E-state index contributed by atoms with van der Waals surface area (Å²) in [6.45, 7) is 1.61. The summed E-state index contributed by atoms with van der Waals surface area (Å²) < 4.78 is 42.0. The first kappa shape index (κ1) is 19.7. The Kier molecular flexibility index (Phi) is 6.04. The highest BCUT2D eigenvalue weighted by atomic mass is 19.3. The molecule has 2 saturated heterocycles. The molecular formula is C19H24F3N3O2. The molecule has 2 N–H and O–H groups in total. The van der Waals surface area contributed by atoms with Crippen LogP contribution in [0.5, 0.6) is 0 Å². The van der Waals surface area contributed by atoms with Gasteiger partial charge in [-0.3, -0.25) is 9.59 Å². The number of nitrogens with zero attached hydrogens (tertiary/aromatic N) is 1. The van der Waals surface area contributed by atoms with Crippen LogP contribution in [-0.4, -0.2) is 48.9 Å². The van der Waals surface area contributed by atoms with Crippen molar-refractivity contribution in [3.05, 3.63) is 35.6 Å². The third-order valence-corrected chi connectivity index (χ3v) is 5.22. The predicted molar refractivity (Wildman–Crippen MR) is 93.6 cm³/mol. The van der Waals surface area contributed by atoms with E-state index in [2.05, 4.69) is 10.6 Å². The molecule has 0 bridgehead atoms. The van der Waals surface area contributed by atoms with Gasteiger partial charge in [0.2, 0.25) is 5.91 Å². The zero-order chi connectivity index (χ0) is 19.4. The van der Waals surface area contributed by atoms with Crippen LogP contribution < -0.4 is 10.6 Å². The molecule has 1 aromatic rings. The van der Waals surface area contributed by atoms with Crippen molar-refractivity contribution in [2.24, 2.45) is 5.92 Å². The molecule has 0 aromatic heterocycles. The van der Waals surface area contributed by atoms with E-state index in [4.69, 9.17) is 0 Å². The number of alkyl halides is 2. The standard InChI is InChI=1S/C19H24F3N3O2/c20-15-7-5-14(6-8-15)19(21,22)18(27)25-10-2-3-13(12-25)11-24-17(26)16-4-1-9-23-16/h5-8,13,16,23H,1-4,9-12H2,(H,24,26). The Morgan fingerprint density at radius 1 is 1.19 bits per heavy atom. The van der Waals surface area contributed by atoms with Crippen LogP contribution in [0.3, 0.4) is 0 Å². The number of likely N-dealkylation sites (tertiary alicyclic amines) is 1. The third kappa shape index (κ3) is 4.61. The van der Waals surface area contributed by atoms with Crippen LogP contribution in [0.2, 0.25) is 0 Å². The fraction of sp³-hybridized carbons (Fsp3) is 0.579. The molecule has 2 heterocycles. The Morgan fingerprint density at radius 2 is 1.93 bits per heavy atom. The first-order chi connectivity index (χ1) is 12.9. The first-order valence-electron chi connectivity index (χ1n) is 9.32. The molecule has 2 fully saturated rings. The van der Waals surface area contributed by atoms with Crippen LogP contribution in [0.4, 0.5) is 13.2 Å². The number of rotatable bonds is 5. The minimum absolute atomic E-state index is 0.0583. The Balaban J connectivity index is 1.57. The average Bonchev–Trinajstić information content (AvgIpc) is 3.21. The zero-order valence-corrected chi connectivity index (χ0v) is 15.0. The van der Waals surface area contributed by atoms with Crippen molar-refractivity contribution >= 4 is 11.8 Å². The molecule has 2 aliphatic rings. The molecule has 2 amide bonds. The topological polar surface area (TPSA) is 61.4 Å². The maximum atomic E-state index is 14.5. The molecule has 3 rings (SSSR count). The number of halogens is 3. The number of hydrogen-bond donors (Lipinski definition) is 2. The van der Waals surface area contributed by atoms with E-state index in [-0.39, 0.29) is 31.0 Å². The molecule has 0 aliphatic carbocycles. The third-order valence-electron chi connectivity index (χ3n) is 5.22. The summed E-state index contributed by atoms with van der Waals surface area (Å²) in [5.41, 5.74) is -0.517. The van der Waals surface area contributed by atoms with E-state index < -0.39 is 23.2 Å². The van der Waals surface area contributed by atoms with Gasteiger partial charge in [-0.25, -0.2) is 4.39 Å². The van der Waals surface area contributed by atoms with Gasteiger partial charge in [0, 0.05) is 25.2 Å². The SMILES string of the molecule is O=C(NCC1CCCN(C(=O)C(F)(F)c2ccc(F)cc2)C1)C1CCCN1.